The minimum absolute atomic E-state index is 0.325. The van der Waals surface area contributed by atoms with Crippen molar-refractivity contribution in [2.45, 2.75) is 46.1 Å². The molecule has 0 saturated heterocycles. The van der Waals surface area contributed by atoms with Gasteiger partial charge in [-0.1, -0.05) is 37.6 Å². The SMILES string of the molecule is CCC(CC1(C)C=CC(C)=CC1)N(C)NC. The summed E-state index contributed by atoms with van der Waals surface area (Å²) >= 11 is 0. The van der Waals surface area contributed by atoms with Gasteiger partial charge in [-0.15, -0.1) is 0 Å². The van der Waals surface area contributed by atoms with Crippen LogP contribution in [0.4, 0.5) is 0 Å². The first-order chi connectivity index (χ1) is 7.50. The highest BCUT2D eigenvalue weighted by Crippen LogP contribution is 2.35. The molecule has 0 aromatic carbocycles. The van der Waals surface area contributed by atoms with E-state index in [1.807, 2.05) is 7.05 Å². The highest BCUT2D eigenvalue weighted by Gasteiger charge is 2.27. The molecule has 2 atom stereocenters. The van der Waals surface area contributed by atoms with Crippen LogP contribution in [0, 0.1) is 5.41 Å². The van der Waals surface area contributed by atoms with Crippen LogP contribution in [0.3, 0.4) is 0 Å². The Morgan fingerprint density at radius 1 is 1.56 bits per heavy atom. The van der Waals surface area contributed by atoms with Gasteiger partial charge in [0, 0.05) is 13.1 Å². The average Bonchev–Trinajstić information content (AvgIpc) is 2.29. The molecule has 0 radical (unpaired) electrons. The number of rotatable bonds is 5. The summed E-state index contributed by atoms with van der Waals surface area (Å²) < 4.78 is 0. The first-order valence-electron chi connectivity index (χ1n) is 6.27. The van der Waals surface area contributed by atoms with Gasteiger partial charge in [0.25, 0.3) is 0 Å². The van der Waals surface area contributed by atoms with Crippen molar-refractivity contribution in [1.29, 1.82) is 0 Å². The predicted octanol–water partition coefficient (Wildman–Crippen LogP) is 3.13. The second-order valence-electron chi connectivity index (χ2n) is 5.24. The lowest BCUT2D eigenvalue weighted by Crippen LogP contribution is -2.42. The van der Waals surface area contributed by atoms with Crippen molar-refractivity contribution in [2.75, 3.05) is 14.1 Å². The molecule has 0 spiro atoms. The zero-order valence-electron chi connectivity index (χ0n) is 11.4. The maximum Gasteiger partial charge on any atom is 0.0245 e. The molecule has 0 aliphatic heterocycles. The van der Waals surface area contributed by atoms with Gasteiger partial charge in [0.05, 0.1) is 0 Å². The van der Waals surface area contributed by atoms with Crippen molar-refractivity contribution in [3.63, 3.8) is 0 Å². The van der Waals surface area contributed by atoms with E-state index in [4.69, 9.17) is 0 Å². The standard InChI is InChI=1S/C14H26N2/c1-6-13(16(5)15-4)11-14(3)9-7-12(2)8-10-14/h7-9,13,15H,6,10-11H2,1-5H3. The Morgan fingerprint density at radius 3 is 2.69 bits per heavy atom. The number of hydrogen-bond donors (Lipinski definition) is 1. The van der Waals surface area contributed by atoms with Gasteiger partial charge in [-0.2, -0.15) is 0 Å². The number of hydrogen-bond acceptors (Lipinski definition) is 2. The number of nitrogens with zero attached hydrogens (tertiary/aromatic N) is 1. The lowest BCUT2D eigenvalue weighted by molar-refractivity contribution is 0.135. The zero-order chi connectivity index (χ0) is 12.2. The van der Waals surface area contributed by atoms with E-state index < -0.39 is 0 Å². The van der Waals surface area contributed by atoms with Gasteiger partial charge in [-0.05, 0) is 38.6 Å². The van der Waals surface area contributed by atoms with Crippen LogP contribution in [-0.2, 0) is 0 Å². The van der Waals surface area contributed by atoms with Crippen LogP contribution in [0.2, 0.25) is 0 Å². The summed E-state index contributed by atoms with van der Waals surface area (Å²) in [5.74, 6) is 0. The normalized spacial score (nSPS) is 27.0. The van der Waals surface area contributed by atoms with Gasteiger partial charge in [0.15, 0.2) is 0 Å². The summed E-state index contributed by atoms with van der Waals surface area (Å²) in [4.78, 5) is 0. The molecule has 1 aliphatic carbocycles. The van der Waals surface area contributed by atoms with E-state index in [0.29, 0.717) is 11.5 Å². The van der Waals surface area contributed by atoms with Crippen LogP contribution in [-0.4, -0.2) is 25.1 Å². The minimum Gasteiger partial charge on any atom is -0.258 e. The van der Waals surface area contributed by atoms with Crippen molar-refractivity contribution in [3.8, 4) is 0 Å². The molecule has 1 rings (SSSR count). The number of hydrazine groups is 1. The maximum atomic E-state index is 3.23. The molecule has 0 bridgehead atoms. The summed E-state index contributed by atoms with van der Waals surface area (Å²) in [5.41, 5.74) is 4.95. The molecule has 0 saturated carbocycles. The van der Waals surface area contributed by atoms with E-state index in [0.717, 1.165) is 0 Å². The van der Waals surface area contributed by atoms with Crippen LogP contribution >= 0.6 is 0 Å². The smallest absolute Gasteiger partial charge is 0.0245 e. The lowest BCUT2D eigenvalue weighted by atomic mass is 9.76. The van der Waals surface area contributed by atoms with E-state index in [9.17, 15) is 0 Å². The Bertz CT molecular complexity index is 280. The summed E-state index contributed by atoms with van der Waals surface area (Å²) in [6, 6.07) is 0.603. The first-order valence-corrected chi connectivity index (χ1v) is 6.27. The highest BCUT2D eigenvalue weighted by molar-refractivity contribution is 5.24. The van der Waals surface area contributed by atoms with Crippen LogP contribution in [0.25, 0.3) is 0 Å². The molecule has 92 valence electrons. The third-order valence-corrected chi connectivity index (χ3v) is 3.71. The van der Waals surface area contributed by atoms with Gasteiger partial charge in [0.2, 0.25) is 0 Å². The van der Waals surface area contributed by atoms with Crippen molar-refractivity contribution < 1.29 is 0 Å². The topological polar surface area (TPSA) is 15.3 Å². The fourth-order valence-electron chi connectivity index (χ4n) is 2.29. The summed E-state index contributed by atoms with van der Waals surface area (Å²) in [7, 11) is 4.12. The van der Waals surface area contributed by atoms with Crippen LogP contribution in [0.15, 0.2) is 23.8 Å². The largest absolute Gasteiger partial charge is 0.258 e. The Morgan fingerprint density at radius 2 is 2.25 bits per heavy atom. The van der Waals surface area contributed by atoms with E-state index in [1.54, 1.807) is 0 Å². The Kier molecular flexibility index (Phi) is 4.75. The number of nitrogens with one attached hydrogen (secondary N) is 1. The quantitative estimate of drug-likeness (QED) is 0.719. The second-order valence-corrected chi connectivity index (χ2v) is 5.24. The van der Waals surface area contributed by atoms with Gasteiger partial charge in [0.1, 0.15) is 0 Å². The van der Waals surface area contributed by atoms with Crippen molar-refractivity contribution in [1.82, 2.24) is 10.4 Å². The van der Waals surface area contributed by atoms with E-state index in [1.165, 1.54) is 24.8 Å². The van der Waals surface area contributed by atoms with Crippen molar-refractivity contribution >= 4 is 0 Å². The van der Waals surface area contributed by atoms with Crippen molar-refractivity contribution in [2.24, 2.45) is 5.41 Å². The van der Waals surface area contributed by atoms with Crippen LogP contribution in [0.5, 0.6) is 0 Å². The van der Waals surface area contributed by atoms with Gasteiger partial charge >= 0.3 is 0 Å². The third-order valence-electron chi connectivity index (χ3n) is 3.71. The Labute approximate surface area is 100 Å². The zero-order valence-corrected chi connectivity index (χ0v) is 11.4. The predicted molar refractivity (Wildman–Crippen MR) is 71.1 cm³/mol. The molecular formula is C14H26N2. The van der Waals surface area contributed by atoms with Gasteiger partial charge in [-0.3, -0.25) is 5.43 Å². The van der Waals surface area contributed by atoms with Gasteiger partial charge in [-0.25, -0.2) is 5.01 Å². The molecule has 2 nitrogen and oxygen atoms in total. The van der Waals surface area contributed by atoms with E-state index in [-0.39, 0.29) is 0 Å². The molecule has 16 heavy (non-hydrogen) atoms. The molecule has 0 amide bonds. The Hall–Kier alpha value is -0.600. The monoisotopic (exact) mass is 222 g/mol. The van der Waals surface area contributed by atoms with Gasteiger partial charge < -0.3 is 0 Å². The molecule has 0 aromatic rings. The fourth-order valence-corrected chi connectivity index (χ4v) is 2.29. The lowest BCUT2D eigenvalue weighted by Gasteiger charge is -2.35. The molecule has 0 fully saturated rings. The van der Waals surface area contributed by atoms with E-state index >= 15 is 0 Å². The van der Waals surface area contributed by atoms with Crippen molar-refractivity contribution in [3.05, 3.63) is 23.8 Å². The third kappa shape index (κ3) is 3.46. The molecule has 0 heterocycles. The average molecular weight is 222 g/mol. The highest BCUT2D eigenvalue weighted by atomic mass is 15.5. The number of allylic oxidation sites excluding steroid dienone is 4. The van der Waals surface area contributed by atoms with Crippen LogP contribution in [0.1, 0.15) is 40.0 Å². The molecule has 1 aliphatic rings. The molecule has 2 unspecified atom stereocenters. The molecule has 2 heteroatoms. The first kappa shape index (κ1) is 13.5. The summed E-state index contributed by atoms with van der Waals surface area (Å²) in [5, 5.41) is 2.23. The molecular weight excluding hydrogens is 196 g/mol. The summed E-state index contributed by atoms with van der Waals surface area (Å²) in [6.45, 7) is 6.79. The fraction of sp³-hybridized carbons (Fsp3) is 0.714. The maximum absolute atomic E-state index is 3.23. The second kappa shape index (κ2) is 5.65. The van der Waals surface area contributed by atoms with E-state index in [2.05, 4.69) is 56.5 Å². The summed E-state index contributed by atoms with van der Waals surface area (Å²) in [6.07, 6.45) is 10.6. The van der Waals surface area contributed by atoms with Crippen LogP contribution < -0.4 is 5.43 Å². The molecule has 1 N–H and O–H groups in total. The Balaban J connectivity index is 2.62. The minimum atomic E-state index is 0.325. The molecule has 0 aromatic heterocycles.